The van der Waals surface area contributed by atoms with Crippen LogP contribution in [0.25, 0.3) is 11.1 Å². The summed E-state index contributed by atoms with van der Waals surface area (Å²) in [6.45, 7) is 2.81. The molecule has 0 atom stereocenters. The fourth-order valence-electron chi connectivity index (χ4n) is 2.89. The standard InChI is InChI=1S/C16H19ClN2O2/c1-2-20-13-7-10(8-13)9-14-15(16(18)21-19-14)11-3-5-12(17)6-4-11/h3-6,10,13H,2,7-9,18H2,1H3. The van der Waals surface area contributed by atoms with Crippen LogP contribution in [0.4, 0.5) is 5.88 Å². The summed E-state index contributed by atoms with van der Waals surface area (Å²) >= 11 is 5.93. The Balaban J connectivity index is 1.74. The van der Waals surface area contributed by atoms with Gasteiger partial charge in [-0.2, -0.15) is 0 Å². The minimum atomic E-state index is 0.369. The number of nitrogens with two attached hydrogens (primary N) is 1. The number of nitrogens with zero attached hydrogens (tertiary/aromatic N) is 1. The molecule has 1 aliphatic rings. The van der Waals surface area contributed by atoms with Crippen LogP contribution in [0.1, 0.15) is 25.5 Å². The van der Waals surface area contributed by atoms with E-state index in [0.717, 1.165) is 42.7 Å². The molecule has 1 saturated carbocycles. The molecule has 0 aliphatic heterocycles. The van der Waals surface area contributed by atoms with Crippen LogP contribution < -0.4 is 5.73 Å². The van der Waals surface area contributed by atoms with Crippen LogP contribution in [0.15, 0.2) is 28.8 Å². The third-order valence-electron chi connectivity index (χ3n) is 4.00. The zero-order valence-corrected chi connectivity index (χ0v) is 12.8. The van der Waals surface area contributed by atoms with Crippen molar-refractivity contribution in [2.24, 2.45) is 5.92 Å². The van der Waals surface area contributed by atoms with E-state index in [0.29, 0.717) is 22.9 Å². The van der Waals surface area contributed by atoms with Gasteiger partial charge in [0.05, 0.1) is 17.4 Å². The maximum absolute atomic E-state index is 5.93. The molecule has 0 spiro atoms. The Morgan fingerprint density at radius 1 is 1.33 bits per heavy atom. The van der Waals surface area contributed by atoms with Gasteiger partial charge in [0.25, 0.3) is 0 Å². The summed E-state index contributed by atoms with van der Waals surface area (Å²) in [5.41, 5.74) is 8.75. The monoisotopic (exact) mass is 306 g/mol. The Hall–Kier alpha value is -1.52. The number of aromatic nitrogens is 1. The highest BCUT2D eigenvalue weighted by Gasteiger charge is 2.31. The first kappa shape index (κ1) is 14.4. The van der Waals surface area contributed by atoms with Gasteiger partial charge in [-0.25, -0.2) is 0 Å². The fourth-order valence-corrected chi connectivity index (χ4v) is 3.01. The molecule has 4 nitrogen and oxygen atoms in total. The average molecular weight is 307 g/mol. The van der Waals surface area contributed by atoms with E-state index in [1.54, 1.807) is 0 Å². The highest BCUT2D eigenvalue weighted by atomic mass is 35.5. The molecule has 0 saturated heterocycles. The molecular weight excluding hydrogens is 288 g/mol. The van der Waals surface area contributed by atoms with Gasteiger partial charge in [0.15, 0.2) is 0 Å². The van der Waals surface area contributed by atoms with Crippen molar-refractivity contribution in [1.29, 1.82) is 0 Å². The van der Waals surface area contributed by atoms with Crippen molar-refractivity contribution in [2.45, 2.75) is 32.3 Å². The summed E-state index contributed by atoms with van der Waals surface area (Å²) in [6.07, 6.45) is 3.45. The second kappa shape index (κ2) is 6.08. The SMILES string of the molecule is CCOC1CC(Cc2noc(N)c2-c2ccc(Cl)cc2)C1. The predicted molar refractivity (Wildman–Crippen MR) is 83.2 cm³/mol. The minimum Gasteiger partial charge on any atom is -0.378 e. The molecule has 1 heterocycles. The first-order chi connectivity index (χ1) is 10.2. The molecule has 3 rings (SSSR count). The van der Waals surface area contributed by atoms with Crippen molar-refractivity contribution in [2.75, 3.05) is 12.3 Å². The maximum atomic E-state index is 5.93. The van der Waals surface area contributed by atoms with E-state index in [1.165, 1.54) is 0 Å². The summed E-state index contributed by atoms with van der Waals surface area (Å²) in [4.78, 5) is 0. The topological polar surface area (TPSA) is 61.3 Å². The second-order valence-corrected chi connectivity index (χ2v) is 5.93. The lowest BCUT2D eigenvalue weighted by atomic mass is 9.78. The molecule has 2 aromatic rings. The minimum absolute atomic E-state index is 0.369. The lowest BCUT2D eigenvalue weighted by Crippen LogP contribution is -2.32. The van der Waals surface area contributed by atoms with Crippen molar-refractivity contribution in [3.63, 3.8) is 0 Å². The molecular formula is C16H19ClN2O2. The van der Waals surface area contributed by atoms with E-state index in [9.17, 15) is 0 Å². The molecule has 21 heavy (non-hydrogen) atoms. The highest BCUT2D eigenvalue weighted by Crippen LogP contribution is 2.37. The smallest absolute Gasteiger partial charge is 0.230 e. The van der Waals surface area contributed by atoms with Crippen molar-refractivity contribution in [1.82, 2.24) is 5.16 Å². The molecule has 0 radical (unpaired) electrons. The molecule has 0 bridgehead atoms. The fraction of sp³-hybridized carbons (Fsp3) is 0.438. The molecule has 2 N–H and O–H groups in total. The lowest BCUT2D eigenvalue weighted by molar-refractivity contribution is -0.0244. The summed E-state index contributed by atoms with van der Waals surface area (Å²) in [5.74, 6) is 0.963. The van der Waals surface area contributed by atoms with E-state index in [4.69, 9.17) is 26.6 Å². The summed E-state index contributed by atoms with van der Waals surface area (Å²) in [7, 11) is 0. The van der Waals surface area contributed by atoms with Crippen LogP contribution in [0.3, 0.4) is 0 Å². The molecule has 5 heteroatoms. The zero-order chi connectivity index (χ0) is 14.8. The third kappa shape index (κ3) is 3.06. The van der Waals surface area contributed by atoms with Crippen molar-refractivity contribution >= 4 is 17.5 Å². The summed E-state index contributed by atoms with van der Waals surface area (Å²) in [5, 5.41) is 4.84. The average Bonchev–Trinajstić information content (AvgIpc) is 2.79. The third-order valence-corrected chi connectivity index (χ3v) is 4.25. The number of anilines is 1. The number of hydrogen-bond acceptors (Lipinski definition) is 4. The van der Waals surface area contributed by atoms with Crippen LogP contribution in [-0.2, 0) is 11.2 Å². The van der Waals surface area contributed by atoms with Gasteiger partial charge >= 0.3 is 0 Å². The number of rotatable bonds is 5. The lowest BCUT2D eigenvalue weighted by Gasteiger charge is -2.34. The van der Waals surface area contributed by atoms with Crippen LogP contribution in [0.5, 0.6) is 0 Å². The predicted octanol–water partition coefficient (Wildman–Crippen LogP) is 3.93. The van der Waals surface area contributed by atoms with Gasteiger partial charge in [-0.1, -0.05) is 28.9 Å². The van der Waals surface area contributed by atoms with Crippen molar-refractivity contribution in [3.8, 4) is 11.1 Å². The molecule has 1 aromatic carbocycles. The van der Waals surface area contributed by atoms with Gasteiger partial charge < -0.3 is 15.0 Å². The number of ether oxygens (including phenoxy) is 1. The number of halogens is 1. The van der Waals surface area contributed by atoms with Gasteiger partial charge in [0.2, 0.25) is 5.88 Å². The Labute approximate surface area is 129 Å². The normalized spacial score (nSPS) is 21.2. The molecule has 1 aliphatic carbocycles. The Bertz CT molecular complexity index is 603. The van der Waals surface area contributed by atoms with E-state index < -0.39 is 0 Å². The summed E-state index contributed by atoms with van der Waals surface area (Å²) in [6, 6.07) is 7.58. The van der Waals surface area contributed by atoms with Crippen LogP contribution >= 0.6 is 11.6 Å². The zero-order valence-electron chi connectivity index (χ0n) is 12.0. The van der Waals surface area contributed by atoms with Gasteiger partial charge in [-0.3, -0.25) is 0 Å². The summed E-state index contributed by atoms with van der Waals surface area (Å²) < 4.78 is 10.8. The largest absolute Gasteiger partial charge is 0.378 e. The quantitative estimate of drug-likeness (QED) is 0.909. The van der Waals surface area contributed by atoms with Crippen LogP contribution in [0, 0.1) is 5.92 Å². The van der Waals surface area contributed by atoms with Crippen molar-refractivity contribution in [3.05, 3.63) is 35.0 Å². The van der Waals surface area contributed by atoms with E-state index in [2.05, 4.69) is 5.16 Å². The van der Waals surface area contributed by atoms with E-state index >= 15 is 0 Å². The first-order valence-electron chi connectivity index (χ1n) is 7.29. The molecule has 1 fully saturated rings. The Kier molecular flexibility index (Phi) is 4.17. The molecule has 0 amide bonds. The number of benzene rings is 1. The van der Waals surface area contributed by atoms with Gasteiger partial charge in [0.1, 0.15) is 0 Å². The Morgan fingerprint density at radius 3 is 2.71 bits per heavy atom. The van der Waals surface area contributed by atoms with Gasteiger partial charge in [0, 0.05) is 11.6 Å². The number of hydrogen-bond donors (Lipinski definition) is 1. The maximum Gasteiger partial charge on any atom is 0.230 e. The second-order valence-electron chi connectivity index (χ2n) is 5.49. The molecule has 112 valence electrons. The Morgan fingerprint density at radius 2 is 2.05 bits per heavy atom. The molecule has 0 unspecified atom stereocenters. The van der Waals surface area contributed by atoms with E-state index in [-0.39, 0.29) is 0 Å². The highest BCUT2D eigenvalue weighted by molar-refractivity contribution is 6.30. The van der Waals surface area contributed by atoms with Gasteiger partial charge in [-0.15, -0.1) is 0 Å². The van der Waals surface area contributed by atoms with Crippen LogP contribution in [-0.4, -0.2) is 17.9 Å². The van der Waals surface area contributed by atoms with E-state index in [1.807, 2.05) is 31.2 Å². The van der Waals surface area contributed by atoms with Crippen molar-refractivity contribution < 1.29 is 9.26 Å². The number of nitrogen functional groups attached to an aromatic ring is 1. The van der Waals surface area contributed by atoms with Gasteiger partial charge in [-0.05, 0) is 49.8 Å². The van der Waals surface area contributed by atoms with Crippen LogP contribution in [0.2, 0.25) is 5.02 Å². The first-order valence-corrected chi connectivity index (χ1v) is 7.66. The molecule has 1 aromatic heterocycles.